The van der Waals surface area contributed by atoms with Gasteiger partial charge in [-0.3, -0.25) is 0 Å². The van der Waals surface area contributed by atoms with Crippen molar-refractivity contribution >= 4 is 11.4 Å². The van der Waals surface area contributed by atoms with Gasteiger partial charge in [-0.05, 0) is 36.2 Å². The Balaban J connectivity index is 2.29. The number of para-hydroxylation sites is 1. The summed E-state index contributed by atoms with van der Waals surface area (Å²) < 4.78 is 0. The van der Waals surface area contributed by atoms with Crippen molar-refractivity contribution in [3.63, 3.8) is 0 Å². The highest BCUT2D eigenvalue weighted by Gasteiger charge is 2.05. The minimum absolute atomic E-state index is 0.0883. The van der Waals surface area contributed by atoms with Gasteiger partial charge in [-0.15, -0.1) is 0 Å². The number of aryl methyl sites for hydroxylation is 1. The molecule has 0 heterocycles. The fourth-order valence-electron chi connectivity index (χ4n) is 1.98. The van der Waals surface area contributed by atoms with Gasteiger partial charge in [0, 0.05) is 5.69 Å². The third-order valence-electron chi connectivity index (χ3n) is 2.93. The van der Waals surface area contributed by atoms with Crippen LogP contribution in [-0.2, 0) is 6.42 Å². The monoisotopic (exact) mass is 252 g/mol. The summed E-state index contributed by atoms with van der Waals surface area (Å²) in [7, 11) is 0. The lowest BCUT2D eigenvalue weighted by Crippen LogP contribution is -1.96. The third kappa shape index (κ3) is 3.05. The van der Waals surface area contributed by atoms with Crippen molar-refractivity contribution in [2.45, 2.75) is 19.8 Å². The molecular weight excluding hydrogens is 236 g/mol. The predicted molar refractivity (Wildman–Crippen MR) is 76.5 cm³/mol. The molecule has 2 N–H and O–H groups in total. The molecule has 0 atom stereocenters. The fourth-order valence-corrected chi connectivity index (χ4v) is 1.98. The molecule has 0 saturated heterocycles. The average Bonchev–Trinajstić information content (AvgIpc) is 2.43. The molecule has 0 amide bonds. The highest BCUT2D eigenvalue weighted by molar-refractivity contribution is 5.69. The molecule has 2 aromatic carbocycles. The van der Waals surface area contributed by atoms with Gasteiger partial charge in [-0.2, -0.15) is 5.26 Å². The molecular formula is C16H16N2O. The lowest BCUT2D eigenvalue weighted by atomic mass is 10.1. The molecule has 0 aliphatic carbocycles. The molecule has 0 aromatic heterocycles. The van der Waals surface area contributed by atoms with Crippen molar-refractivity contribution in [1.29, 1.82) is 5.26 Å². The Morgan fingerprint density at radius 3 is 2.63 bits per heavy atom. The zero-order valence-corrected chi connectivity index (χ0v) is 10.9. The smallest absolute Gasteiger partial charge is 0.140 e. The Kier molecular flexibility index (Phi) is 4.04. The highest BCUT2D eigenvalue weighted by atomic mass is 16.3. The second-order valence-electron chi connectivity index (χ2n) is 4.38. The summed E-state index contributed by atoms with van der Waals surface area (Å²) in [6.45, 7) is 2.13. The van der Waals surface area contributed by atoms with Crippen LogP contribution >= 0.6 is 0 Å². The van der Waals surface area contributed by atoms with E-state index in [0.29, 0.717) is 11.3 Å². The van der Waals surface area contributed by atoms with Gasteiger partial charge in [0.15, 0.2) is 0 Å². The third-order valence-corrected chi connectivity index (χ3v) is 2.93. The molecule has 3 nitrogen and oxygen atoms in total. The van der Waals surface area contributed by atoms with Crippen LogP contribution in [0.5, 0.6) is 5.75 Å². The van der Waals surface area contributed by atoms with Crippen molar-refractivity contribution in [1.82, 2.24) is 0 Å². The number of nitrogens with zero attached hydrogens (tertiary/aromatic N) is 1. The van der Waals surface area contributed by atoms with Crippen molar-refractivity contribution in [2.75, 3.05) is 5.32 Å². The van der Waals surface area contributed by atoms with Crippen LogP contribution in [0.25, 0.3) is 0 Å². The Bertz CT molecular complexity index is 614. The van der Waals surface area contributed by atoms with E-state index in [1.165, 1.54) is 11.6 Å². The average molecular weight is 252 g/mol. The van der Waals surface area contributed by atoms with E-state index in [0.717, 1.165) is 18.5 Å². The first-order valence-corrected chi connectivity index (χ1v) is 6.32. The van der Waals surface area contributed by atoms with E-state index in [1.54, 1.807) is 12.1 Å². The number of phenols is 1. The van der Waals surface area contributed by atoms with Gasteiger partial charge < -0.3 is 10.4 Å². The Hall–Kier alpha value is -2.47. The number of nitrogens with one attached hydrogen (secondary N) is 1. The number of benzene rings is 2. The molecule has 19 heavy (non-hydrogen) atoms. The number of phenolic OH excluding ortho intramolecular Hbond substituents is 1. The van der Waals surface area contributed by atoms with Gasteiger partial charge in [0.1, 0.15) is 5.75 Å². The predicted octanol–water partition coefficient (Wildman–Crippen LogP) is 3.96. The molecule has 0 spiro atoms. The van der Waals surface area contributed by atoms with E-state index in [4.69, 9.17) is 5.26 Å². The first-order chi connectivity index (χ1) is 9.24. The van der Waals surface area contributed by atoms with Crippen LogP contribution in [-0.4, -0.2) is 5.11 Å². The van der Waals surface area contributed by atoms with Crippen LogP contribution in [0.15, 0.2) is 42.5 Å². The Morgan fingerprint density at radius 1 is 1.16 bits per heavy atom. The lowest BCUT2D eigenvalue weighted by molar-refractivity contribution is 0.477. The standard InChI is InChI=1S/C16H16N2O/c1-2-5-13-6-3-4-7-14(13)18-15-9-8-12(11-17)10-16(15)19/h3-4,6-10,18-19H,2,5H2,1H3. The normalized spacial score (nSPS) is 9.89. The minimum atomic E-state index is 0.0883. The van der Waals surface area contributed by atoms with E-state index < -0.39 is 0 Å². The molecule has 0 aliphatic heterocycles. The largest absolute Gasteiger partial charge is 0.506 e. The van der Waals surface area contributed by atoms with E-state index in [2.05, 4.69) is 18.3 Å². The van der Waals surface area contributed by atoms with E-state index in [1.807, 2.05) is 24.3 Å². The minimum Gasteiger partial charge on any atom is -0.506 e. The van der Waals surface area contributed by atoms with Crippen molar-refractivity contribution in [2.24, 2.45) is 0 Å². The fraction of sp³-hybridized carbons (Fsp3) is 0.188. The van der Waals surface area contributed by atoms with E-state index in [9.17, 15) is 5.11 Å². The SMILES string of the molecule is CCCc1ccccc1Nc1ccc(C#N)cc1O. The molecule has 0 bridgehead atoms. The summed E-state index contributed by atoms with van der Waals surface area (Å²) in [5.74, 6) is 0.0883. The van der Waals surface area contributed by atoms with Crippen LogP contribution < -0.4 is 5.32 Å². The zero-order valence-electron chi connectivity index (χ0n) is 10.9. The molecule has 2 aromatic rings. The number of nitriles is 1. The maximum absolute atomic E-state index is 9.89. The maximum Gasteiger partial charge on any atom is 0.140 e. The summed E-state index contributed by atoms with van der Waals surface area (Å²) >= 11 is 0. The van der Waals surface area contributed by atoms with E-state index >= 15 is 0 Å². The van der Waals surface area contributed by atoms with Crippen molar-refractivity contribution in [3.8, 4) is 11.8 Å². The molecule has 0 radical (unpaired) electrons. The van der Waals surface area contributed by atoms with Crippen LogP contribution in [0, 0.1) is 11.3 Å². The summed E-state index contributed by atoms with van der Waals surface area (Å²) in [5.41, 5.74) is 3.27. The summed E-state index contributed by atoms with van der Waals surface area (Å²) in [6, 6.07) is 14.9. The Labute approximate surface area is 113 Å². The lowest BCUT2D eigenvalue weighted by Gasteiger charge is -2.12. The van der Waals surface area contributed by atoms with Crippen molar-refractivity contribution in [3.05, 3.63) is 53.6 Å². The maximum atomic E-state index is 9.89. The summed E-state index contributed by atoms with van der Waals surface area (Å²) in [6.07, 6.45) is 2.05. The number of aromatic hydroxyl groups is 1. The van der Waals surface area contributed by atoms with Crippen LogP contribution in [0.4, 0.5) is 11.4 Å². The van der Waals surface area contributed by atoms with Gasteiger partial charge in [-0.25, -0.2) is 0 Å². The number of rotatable bonds is 4. The summed E-state index contributed by atoms with van der Waals surface area (Å²) in [5, 5.41) is 21.9. The number of hydrogen-bond donors (Lipinski definition) is 2. The molecule has 0 unspecified atom stereocenters. The first kappa shape index (κ1) is 13.0. The summed E-state index contributed by atoms with van der Waals surface area (Å²) in [4.78, 5) is 0. The van der Waals surface area contributed by atoms with Gasteiger partial charge >= 0.3 is 0 Å². The van der Waals surface area contributed by atoms with Crippen LogP contribution in [0.2, 0.25) is 0 Å². The zero-order chi connectivity index (χ0) is 13.7. The van der Waals surface area contributed by atoms with Gasteiger partial charge in [0.2, 0.25) is 0 Å². The second-order valence-corrected chi connectivity index (χ2v) is 4.38. The molecule has 0 aliphatic rings. The second kappa shape index (κ2) is 5.92. The first-order valence-electron chi connectivity index (χ1n) is 6.32. The number of anilines is 2. The van der Waals surface area contributed by atoms with Crippen LogP contribution in [0.1, 0.15) is 24.5 Å². The van der Waals surface area contributed by atoms with Gasteiger partial charge in [0.05, 0.1) is 17.3 Å². The van der Waals surface area contributed by atoms with Crippen LogP contribution in [0.3, 0.4) is 0 Å². The molecule has 0 saturated carbocycles. The highest BCUT2D eigenvalue weighted by Crippen LogP contribution is 2.29. The topological polar surface area (TPSA) is 56.0 Å². The quantitative estimate of drug-likeness (QED) is 0.810. The molecule has 2 rings (SSSR count). The molecule has 0 fully saturated rings. The van der Waals surface area contributed by atoms with Gasteiger partial charge in [-0.1, -0.05) is 31.5 Å². The van der Waals surface area contributed by atoms with Crippen molar-refractivity contribution < 1.29 is 5.11 Å². The molecule has 3 heteroatoms. The van der Waals surface area contributed by atoms with Gasteiger partial charge in [0.25, 0.3) is 0 Å². The van der Waals surface area contributed by atoms with E-state index in [-0.39, 0.29) is 5.75 Å². The number of hydrogen-bond acceptors (Lipinski definition) is 3. The molecule has 96 valence electrons. The Morgan fingerprint density at radius 2 is 1.95 bits per heavy atom.